The smallest absolute Gasteiger partial charge is 0.266 e. The highest BCUT2D eigenvalue weighted by molar-refractivity contribution is 7.99. The Morgan fingerprint density at radius 1 is 1.21 bits per heavy atom. The van der Waals surface area contributed by atoms with Crippen LogP contribution in [0, 0.1) is 0 Å². The van der Waals surface area contributed by atoms with Crippen LogP contribution in [-0.4, -0.2) is 47.2 Å². The Hall–Kier alpha value is -2.65. The maximum Gasteiger partial charge on any atom is 0.266 e. The number of carbonyl (C=O) groups excluding carboxylic acids is 1. The topological polar surface area (TPSA) is 98.1 Å². The molecule has 2 unspecified atom stereocenters. The number of nitrogens with zero attached hydrogens (tertiary/aromatic N) is 2. The lowest BCUT2D eigenvalue weighted by molar-refractivity contribution is -0.119. The van der Waals surface area contributed by atoms with Crippen LogP contribution in [0.4, 0.5) is 0 Å². The quantitative estimate of drug-likeness (QED) is 0.407. The molecule has 1 aromatic heterocycles. The third kappa shape index (κ3) is 5.30. The largest absolute Gasteiger partial charge is 0.352 e. The van der Waals surface area contributed by atoms with Gasteiger partial charge in [-0.25, -0.2) is 13.4 Å². The Balaban J connectivity index is 1.63. The minimum atomic E-state index is -3.07. The van der Waals surface area contributed by atoms with Crippen LogP contribution in [0.1, 0.15) is 38.2 Å². The fourth-order valence-electron chi connectivity index (χ4n) is 3.93. The summed E-state index contributed by atoms with van der Waals surface area (Å²) in [4.78, 5) is 30.5. The fourth-order valence-corrected chi connectivity index (χ4v) is 6.43. The third-order valence-electron chi connectivity index (χ3n) is 6.01. The third-order valence-corrected chi connectivity index (χ3v) is 8.71. The van der Waals surface area contributed by atoms with Crippen molar-refractivity contribution < 1.29 is 13.2 Å². The Morgan fingerprint density at radius 3 is 2.61 bits per heavy atom. The molecule has 1 aliphatic rings. The lowest BCUT2D eigenvalue weighted by Gasteiger charge is -2.15. The Bertz CT molecular complexity index is 1330. The van der Waals surface area contributed by atoms with Gasteiger partial charge in [0, 0.05) is 6.04 Å². The van der Waals surface area contributed by atoms with Gasteiger partial charge < -0.3 is 5.32 Å². The second kappa shape index (κ2) is 9.69. The molecule has 1 saturated heterocycles. The monoisotopic (exact) mass is 485 g/mol. The van der Waals surface area contributed by atoms with Gasteiger partial charge in [0.25, 0.3) is 5.56 Å². The lowest BCUT2D eigenvalue weighted by atomic mass is 9.98. The summed E-state index contributed by atoms with van der Waals surface area (Å²) >= 11 is 1.17. The van der Waals surface area contributed by atoms with Crippen molar-refractivity contribution in [1.29, 1.82) is 0 Å². The molecule has 7 nitrogen and oxygen atoms in total. The van der Waals surface area contributed by atoms with E-state index < -0.39 is 9.84 Å². The number of carbonyl (C=O) groups is 1. The van der Waals surface area contributed by atoms with Crippen LogP contribution in [-0.2, 0) is 14.6 Å². The molecule has 2 aromatic carbocycles. The van der Waals surface area contributed by atoms with Crippen molar-refractivity contribution in [1.82, 2.24) is 14.9 Å². The zero-order valence-corrected chi connectivity index (χ0v) is 20.3. The second-order valence-electron chi connectivity index (χ2n) is 8.41. The molecule has 1 N–H and O–H groups in total. The number of thioether (sulfide) groups is 1. The number of para-hydroxylation sites is 1. The first kappa shape index (κ1) is 23.5. The van der Waals surface area contributed by atoms with Crippen molar-refractivity contribution in [2.24, 2.45) is 0 Å². The number of hydrogen-bond donors (Lipinski definition) is 1. The maximum atomic E-state index is 13.4. The Labute approximate surface area is 197 Å². The minimum absolute atomic E-state index is 0.0229. The predicted molar refractivity (Wildman–Crippen MR) is 132 cm³/mol. The van der Waals surface area contributed by atoms with Crippen LogP contribution in [0.3, 0.4) is 0 Å². The summed E-state index contributed by atoms with van der Waals surface area (Å²) in [5.74, 6) is 0.256. The molecular formula is C24H27N3O4S2. The standard InChI is InChI=1S/C24H27N3O4S2/c1-3-16(2)17-8-10-19(11-9-17)27-23(29)20-6-4-5-7-21(20)26-24(27)32-14-22(28)25-18-12-13-33(30,31)15-18/h4-11,16,18H,3,12-15H2,1-2H3,(H,25,28). The number of aromatic nitrogens is 2. The summed E-state index contributed by atoms with van der Waals surface area (Å²) < 4.78 is 24.8. The molecule has 2 heterocycles. The molecule has 0 saturated carbocycles. The van der Waals surface area contributed by atoms with Gasteiger partial charge in [0.15, 0.2) is 15.0 Å². The molecule has 33 heavy (non-hydrogen) atoms. The van der Waals surface area contributed by atoms with Gasteiger partial charge >= 0.3 is 0 Å². The van der Waals surface area contributed by atoms with Gasteiger partial charge in [-0.05, 0) is 48.6 Å². The highest BCUT2D eigenvalue weighted by Crippen LogP contribution is 2.24. The summed E-state index contributed by atoms with van der Waals surface area (Å²) in [6.07, 6.45) is 1.45. The molecule has 4 rings (SSSR count). The number of rotatable bonds is 7. The molecule has 174 valence electrons. The van der Waals surface area contributed by atoms with Crippen LogP contribution in [0.15, 0.2) is 58.5 Å². The first-order valence-electron chi connectivity index (χ1n) is 11.0. The van der Waals surface area contributed by atoms with E-state index >= 15 is 0 Å². The summed E-state index contributed by atoms with van der Waals surface area (Å²) in [6.45, 7) is 4.30. The van der Waals surface area contributed by atoms with Crippen LogP contribution >= 0.6 is 11.8 Å². The molecule has 0 aliphatic carbocycles. The Morgan fingerprint density at radius 2 is 1.94 bits per heavy atom. The summed E-state index contributed by atoms with van der Waals surface area (Å²) in [5.41, 5.74) is 2.26. The summed E-state index contributed by atoms with van der Waals surface area (Å²) in [5, 5.41) is 3.72. The number of sulfone groups is 1. The average Bonchev–Trinajstić information content (AvgIpc) is 3.15. The number of hydrogen-bond acceptors (Lipinski definition) is 6. The van der Waals surface area contributed by atoms with E-state index in [4.69, 9.17) is 0 Å². The molecule has 0 bridgehead atoms. The van der Waals surface area contributed by atoms with Crippen LogP contribution < -0.4 is 10.9 Å². The van der Waals surface area contributed by atoms with Crippen molar-refractivity contribution in [3.8, 4) is 5.69 Å². The van der Waals surface area contributed by atoms with Gasteiger partial charge in [0.2, 0.25) is 5.91 Å². The minimum Gasteiger partial charge on any atom is -0.352 e. The highest BCUT2D eigenvalue weighted by atomic mass is 32.2. The maximum absolute atomic E-state index is 13.4. The average molecular weight is 486 g/mol. The van der Waals surface area contributed by atoms with Crippen LogP contribution in [0.2, 0.25) is 0 Å². The van der Waals surface area contributed by atoms with Gasteiger partial charge in [-0.1, -0.05) is 49.9 Å². The van der Waals surface area contributed by atoms with E-state index in [0.29, 0.717) is 34.1 Å². The van der Waals surface area contributed by atoms with Gasteiger partial charge in [-0.2, -0.15) is 0 Å². The number of benzene rings is 2. The van der Waals surface area contributed by atoms with Crippen molar-refractivity contribution in [2.75, 3.05) is 17.3 Å². The first-order valence-corrected chi connectivity index (χ1v) is 13.8. The van der Waals surface area contributed by atoms with Crippen LogP contribution in [0.5, 0.6) is 0 Å². The van der Waals surface area contributed by atoms with Gasteiger partial charge in [-0.3, -0.25) is 14.2 Å². The molecule has 1 aliphatic heterocycles. The summed E-state index contributed by atoms with van der Waals surface area (Å²) in [7, 11) is -3.07. The highest BCUT2D eigenvalue weighted by Gasteiger charge is 2.29. The Kier molecular flexibility index (Phi) is 6.90. The molecular weight excluding hydrogens is 458 g/mol. The van der Waals surface area contributed by atoms with E-state index in [1.807, 2.05) is 30.3 Å². The van der Waals surface area contributed by atoms with Crippen molar-refractivity contribution in [3.63, 3.8) is 0 Å². The van der Waals surface area contributed by atoms with Gasteiger partial charge in [-0.15, -0.1) is 0 Å². The lowest BCUT2D eigenvalue weighted by Crippen LogP contribution is -2.36. The molecule has 0 radical (unpaired) electrons. The first-order chi connectivity index (χ1) is 15.8. The molecule has 2 atom stereocenters. The van der Waals surface area contributed by atoms with Crippen LogP contribution in [0.25, 0.3) is 16.6 Å². The predicted octanol–water partition coefficient (Wildman–Crippen LogP) is 3.29. The molecule has 0 spiro atoms. The van der Waals surface area contributed by atoms with Crippen molar-refractivity contribution in [3.05, 3.63) is 64.4 Å². The summed E-state index contributed by atoms with van der Waals surface area (Å²) in [6, 6.07) is 14.7. The fraction of sp³-hybridized carbons (Fsp3) is 0.375. The van der Waals surface area contributed by atoms with Gasteiger partial charge in [0.05, 0.1) is 33.8 Å². The van der Waals surface area contributed by atoms with Crippen molar-refractivity contribution in [2.45, 2.75) is 43.8 Å². The molecule has 1 amide bonds. The van der Waals surface area contributed by atoms with E-state index in [2.05, 4.69) is 24.1 Å². The molecule has 9 heteroatoms. The van der Waals surface area contributed by atoms with E-state index in [0.717, 1.165) is 6.42 Å². The number of amides is 1. The van der Waals surface area contributed by atoms with E-state index in [9.17, 15) is 18.0 Å². The van der Waals surface area contributed by atoms with E-state index in [-0.39, 0.29) is 34.8 Å². The van der Waals surface area contributed by atoms with E-state index in [1.54, 1.807) is 22.8 Å². The molecule has 1 fully saturated rings. The van der Waals surface area contributed by atoms with Crippen molar-refractivity contribution >= 4 is 38.4 Å². The SMILES string of the molecule is CCC(C)c1ccc(-n2c(SCC(=O)NC3CCS(=O)(=O)C3)nc3ccccc3c2=O)cc1. The second-order valence-corrected chi connectivity index (χ2v) is 11.6. The van der Waals surface area contributed by atoms with Gasteiger partial charge in [0.1, 0.15) is 0 Å². The zero-order valence-electron chi connectivity index (χ0n) is 18.7. The number of fused-ring (bicyclic) bond motifs is 1. The molecule has 3 aromatic rings. The zero-order chi connectivity index (χ0) is 23.6. The normalized spacial score (nSPS) is 18.3. The number of nitrogens with one attached hydrogen (secondary N) is 1. The van der Waals surface area contributed by atoms with E-state index in [1.165, 1.54) is 17.3 Å².